The van der Waals surface area contributed by atoms with E-state index in [9.17, 15) is 0 Å². The summed E-state index contributed by atoms with van der Waals surface area (Å²) in [4.78, 5) is 11.3. The molecular weight excluding hydrogens is 236 g/mol. The highest BCUT2D eigenvalue weighted by Gasteiger charge is 2.37. The van der Waals surface area contributed by atoms with Gasteiger partial charge in [-0.1, -0.05) is 13.3 Å². The quantitative estimate of drug-likeness (QED) is 0.887. The van der Waals surface area contributed by atoms with E-state index in [4.69, 9.17) is 5.73 Å². The molecule has 0 spiro atoms. The number of likely N-dealkylation sites (tertiary alicyclic amines) is 1. The maximum absolute atomic E-state index is 5.75. The molecule has 3 atom stereocenters. The lowest BCUT2D eigenvalue weighted by atomic mass is 9.73. The third-order valence-corrected chi connectivity index (χ3v) is 4.81. The molecule has 1 aliphatic heterocycles. The lowest BCUT2D eigenvalue weighted by Crippen LogP contribution is -2.50. The maximum atomic E-state index is 5.75. The van der Waals surface area contributed by atoms with Gasteiger partial charge in [0, 0.05) is 12.2 Å². The first kappa shape index (κ1) is 12.9. The van der Waals surface area contributed by atoms with Gasteiger partial charge in [0.05, 0.1) is 6.54 Å². The zero-order valence-electron chi connectivity index (χ0n) is 11.8. The molecular formula is C15H24N4. The van der Waals surface area contributed by atoms with E-state index in [0.717, 1.165) is 30.2 Å². The van der Waals surface area contributed by atoms with Gasteiger partial charge in [-0.3, -0.25) is 4.90 Å². The van der Waals surface area contributed by atoms with Crippen LogP contribution in [0.5, 0.6) is 0 Å². The van der Waals surface area contributed by atoms with Crippen LogP contribution in [-0.2, 0) is 6.54 Å². The highest BCUT2D eigenvalue weighted by atomic mass is 15.2. The van der Waals surface area contributed by atoms with Gasteiger partial charge in [-0.25, -0.2) is 9.97 Å². The first-order valence-corrected chi connectivity index (χ1v) is 7.55. The molecule has 1 saturated carbocycles. The Morgan fingerprint density at radius 3 is 3.00 bits per heavy atom. The number of fused-ring (bicyclic) bond motifs is 1. The Labute approximate surface area is 115 Å². The summed E-state index contributed by atoms with van der Waals surface area (Å²) in [6.45, 7) is 4.45. The molecule has 1 aromatic rings. The van der Waals surface area contributed by atoms with Crippen molar-refractivity contribution >= 4 is 5.82 Å². The summed E-state index contributed by atoms with van der Waals surface area (Å²) < 4.78 is 0. The summed E-state index contributed by atoms with van der Waals surface area (Å²) in [5.74, 6) is 3.15. The first-order chi connectivity index (χ1) is 9.24. The summed E-state index contributed by atoms with van der Waals surface area (Å²) in [5, 5.41) is 0. The second-order valence-corrected chi connectivity index (χ2v) is 6.17. The smallest absolute Gasteiger partial charge is 0.144 e. The average Bonchev–Trinajstić information content (AvgIpc) is 2.39. The molecule has 3 rings (SSSR count). The van der Waals surface area contributed by atoms with Crippen molar-refractivity contribution in [3.63, 3.8) is 0 Å². The molecule has 2 heterocycles. The van der Waals surface area contributed by atoms with Crippen molar-refractivity contribution in [2.45, 2.75) is 51.6 Å². The molecule has 1 aliphatic carbocycles. The van der Waals surface area contributed by atoms with E-state index in [2.05, 4.69) is 21.8 Å². The van der Waals surface area contributed by atoms with Crippen LogP contribution in [0, 0.1) is 11.8 Å². The van der Waals surface area contributed by atoms with Crippen molar-refractivity contribution < 1.29 is 0 Å². The largest absolute Gasteiger partial charge is 0.384 e. The Balaban J connectivity index is 1.75. The van der Waals surface area contributed by atoms with Crippen molar-refractivity contribution in [2.24, 2.45) is 11.8 Å². The molecule has 0 aromatic carbocycles. The minimum absolute atomic E-state index is 0.579. The molecule has 4 nitrogen and oxygen atoms in total. The second-order valence-electron chi connectivity index (χ2n) is 6.17. The predicted molar refractivity (Wildman–Crippen MR) is 76.4 cm³/mol. The molecule has 0 bridgehead atoms. The number of anilines is 1. The van der Waals surface area contributed by atoms with Gasteiger partial charge >= 0.3 is 0 Å². The SMILES string of the molecule is C[C@@H]1CCC[C@@H]2CCCN(Cc3nccc(N)n3)[C@@H]21. The summed E-state index contributed by atoms with van der Waals surface area (Å²) in [7, 11) is 0. The Bertz CT molecular complexity index is 432. The van der Waals surface area contributed by atoms with Crippen LogP contribution in [0.1, 0.15) is 44.9 Å². The van der Waals surface area contributed by atoms with E-state index in [-0.39, 0.29) is 0 Å². The topological polar surface area (TPSA) is 55.0 Å². The van der Waals surface area contributed by atoms with E-state index >= 15 is 0 Å². The van der Waals surface area contributed by atoms with Gasteiger partial charge in [0.15, 0.2) is 0 Å². The minimum Gasteiger partial charge on any atom is -0.384 e. The summed E-state index contributed by atoms with van der Waals surface area (Å²) in [5.41, 5.74) is 5.75. The maximum Gasteiger partial charge on any atom is 0.144 e. The number of nitrogens with zero attached hydrogens (tertiary/aromatic N) is 3. The fraction of sp³-hybridized carbons (Fsp3) is 0.733. The van der Waals surface area contributed by atoms with Gasteiger partial charge in [0.1, 0.15) is 11.6 Å². The third kappa shape index (κ3) is 2.73. The number of hydrogen-bond donors (Lipinski definition) is 1. The number of nitrogen functional groups attached to an aromatic ring is 1. The van der Waals surface area contributed by atoms with Gasteiger partial charge in [-0.05, 0) is 50.1 Å². The number of piperidine rings is 1. The zero-order valence-corrected chi connectivity index (χ0v) is 11.8. The molecule has 104 valence electrons. The molecule has 0 unspecified atom stereocenters. The van der Waals surface area contributed by atoms with Crippen LogP contribution in [0.4, 0.5) is 5.82 Å². The predicted octanol–water partition coefficient (Wildman–Crippen LogP) is 2.46. The number of rotatable bonds is 2. The van der Waals surface area contributed by atoms with Crippen LogP contribution in [0.25, 0.3) is 0 Å². The standard InChI is InChI=1S/C15H24N4/c1-11-4-2-5-12-6-3-9-19(15(11)12)10-14-17-8-7-13(16)18-14/h7-8,11-12,15H,2-6,9-10H2,1H3,(H2,16,17,18)/t11-,12-,15-/m1/s1. The minimum atomic E-state index is 0.579. The number of nitrogens with two attached hydrogens (primary N) is 1. The van der Waals surface area contributed by atoms with Gasteiger partial charge in [-0.2, -0.15) is 0 Å². The fourth-order valence-electron chi connectivity index (χ4n) is 4.04. The lowest BCUT2D eigenvalue weighted by molar-refractivity contribution is 0.0179. The van der Waals surface area contributed by atoms with Crippen molar-refractivity contribution in [1.29, 1.82) is 0 Å². The van der Waals surface area contributed by atoms with Gasteiger partial charge < -0.3 is 5.73 Å². The Kier molecular flexibility index (Phi) is 3.69. The summed E-state index contributed by atoms with van der Waals surface area (Å²) in [6, 6.07) is 2.48. The van der Waals surface area contributed by atoms with Crippen LogP contribution in [-0.4, -0.2) is 27.5 Å². The molecule has 0 amide bonds. The van der Waals surface area contributed by atoms with Crippen LogP contribution in [0.15, 0.2) is 12.3 Å². The fourth-order valence-corrected chi connectivity index (χ4v) is 4.04. The summed E-state index contributed by atoms with van der Waals surface area (Å²) >= 11 is 0. The lowest BCUT2D eigenvalue weighted by Gasteiger charge is -2.47. The second kappa shape index (κ2) is 5.45. The van der Waals surface area contributed by atoms with Crippen LogP contribution in [0.3, 0.4) is 0 Å². The highest BCUT2D eigenvalue weighted by Crippen LogP contribution is 2.38. The van der Waals surface area contributed by atoms with E-state index in [0.29, 0.717) is 5.82 Å². The van der Waals surface area contributed by atoms with Crippen molar-refractivity contribution in [2.75, 3.05) is 12.3 Å². The van der Waals surface area contributed by atoms with Crippen LogP contribution < -0.4 is 5.73 Å². The number of hydrogen-bond acceptors (Lipinski definition) is 4. The molecule has 1 saturated heterocycles. The molecule has 2 fully saturated rings. The highest BCUT2D eigenvalue weighted by molar-refractivity contribution is 5.25. The molecule has 19 heavy (non-hydrogen) atoms. The Morgan fingerprint density at radius 2 is 2.16 bits per heavy atom. The monoisotopic (exact) mass is 260 g/mol. The van der Waals surface area contributed by atoms with Crippen molar-refractivity contribution in [3.8, 4) is 0 Å². The molecule has 0 radical (unpaired) electrons. The van der Waals surface area contributed by atoms with E-state index < -0.39 is 0 Å². The molecule has 2 N–H and O–H groups in total. The molecule has 4 heteroatoms. The van der Waals surface area contributed by atoms with Gasteiger partial charge in [0.2, 0.25) is 0 Å². The van der Waals surface area contributed by atoms with E-state index in [1.807, 2.05) is 0 Å². The zero-order chi connectivity index (χ0) is 13.2. The molecule has 1 aromatic heterocycles. The van der Waals surface area contributed by atoms with Crippen LogP contribution >= 0.6 is 0 Å². The van der Waals surface area contributed by atoms with Crippen LogP contribution in [0.2, 0.25) is 0 Å². The third-order valence-electron chi connectivity index (χ3n) is 4.81. The van der Waals surface area contributed by atoms with Crippen molar-refractivity contribution in [1.82, 2.24) is 14.9 Å². The molecule has 2 aliphatic rings. The number of aromatic nitrogens is 2. The Morgan fingerprint density at radius 1 is 1.32 bits per heavy atom. The normalized spacial score (nSPS) is 31.9. The summed E-state index contributed by atoms with van der Waals surface area (Å²) in [6.07, 6.45) is 8.67. The van der Waals surface area contributed by atoms with E-state index in [1.165, 1.54) is 38.6 Å². The van der Waals surface area contributed by atoms with Gasteiger partial charge in [0.25, 0.3) is 0 Å². The van der Waals surface area contributed by atoms with E-state index in [1.54, 1.807) is 12.3 Å². The average molecular weight is 260 g/mol. The Hall–Kier alpha value is -1.16. The van der Waals surface area contributed by atoms with Gasteiger partial charge in [-0.15, -0.1) is 0 Å². The van der Waals surface area contributed by atoms with Crippen molar-refractivity contribution in [3.05, 3.63) is 18.1 Å². The first-order valence-electron chi connectivity index (χ1n) is 7.55.